The molecule has 11 heteroatoms. The van der Waals surface area contributed by atoms with Crippen molar-refractivity contribution in [3.8, 4) is 0 Å². The van der Waals surface area contributed by atoms with Gasteiger partial charge in [-0.1, -0.05) is 90.4 Å². The van der Waals surface area contributed by atoms with Gasteiger partial charge in [0.2, 0.25) is 0 Å². The third-order valence-electron chi connectivity index (χ3n) is 7.20. The topological polar surface area (TPSA) is 105 Å². The molecule has 0 rings (SSSR count). The Kier molecular flexibility index (Phi) is 30.1. The fourth-order valence-electron chi connectivity index (χ4n) is 4.56. The van der Waals surface area contributed by atoms with Gasteiger partial charge < -0.3 is 32.6 Å². The van der Waals surface area contributed by atoms with E-state index in [1.807, 2.05) is 35.0 Å². The van der Waals surface area contributed by atoms with Gasteiger partial charge in [-0.3, -0.25) is 4.57 Å². The number of quaternary nitrogens is 1. The Morgan fingerprint density at radius 1 is 0.636 bits per heavy atom. The molecule has 0 aliphatic heterocycles. The number of phosphoric acid groups is 1. The molecule has 0 aromatic rings. The highest BCUT2D eigenvalue weighted by atomic mass is 31.2. The molecule has 0 spiro atoms. The standard InChI is InChI=1S/C33H70NO9P/c1-7-10-11-12-13-14-15-16-17-18-19-20-21-23-27-37-30-32(31-42-44(35,36)41-29-26-34(4,5)6)43-40-28-24-22-25-33(38-8-2)39-9-3/h32-33H,7-31H2,1-6H3/t32-/m1/s1. The molecule has 0 aromatic carbocycles. The first-order chi connectivity index (χ1) is 21.1. The van der Waals surface area contributed by atoms with Crippen LogP contribution in [0.15, 0.2) is 0 Å². The van der Waals surface area contributed by atoms with Crippen LogP contribution in [0.1, 0.15) is 130 Å². The molecule has 0 saturated heterocycles. The highest BCUT2D eigenvalue weighted by molar-refractivity contribution is 7.45. The van der Waals surface area contributed by atoms with Crippen LogP contribution in [0.3, 0.4) is 0 Å². The second kappa shape index (κ2) is 30.2. The molecule has 0 saturated carbocycles. The van der Waals surface area contributed by atoms with Gasteiger partial charge in [-0.25, -0.2) is 9.78 Å². The number of likely N-dealkylation sites (N-methyl/N-ethyl adjacent to an activating group) is 1. The van der Waals surface area contributed by atoms with E-state index in [9.17, 15) is 9.46 Å². The smallest absolute Gasteiger partial charge is 0.268 e. The van der Waals surface area contributed by atoms with Crippen LogP contribution in [-0.4, -0.2) is 90.8 Å². The summed E-state index contributed by atoms with van der Waals surface area (Å²) < 4.78 is 39.9. The maximum Gasteiger partial charge on any atom is 0.268 e. The lowest BCUT2D eigenvalue weighted by Gasteiger charge is -2.28. The summed E-state index contributed by atoms with van der Waals surface area (Å²) >= 11 is 0. The van der Waals surface area contributed by atoms with Crippen molar-refractivity contribution >= 4 is 7.82 Å². The van der Waals surface area contributed by atoms with E-state index in [2.05, 4.69) is 6.92 Å². The summed E-state index contributed by atoms with van der Waals surface area (Å²) in [5, 5.41) is 0. The first-order valence-electron chi connectivity index (χ1n) is 17.6. The zero-order valence-corrected chi connectivity index (χ0v) is 30.3. The molecule has 0 aliphatic carbocycles. The largest absolute Gasteiger partial charge is 0.756 e. The third kappa shape index (κ3) is 31.8. The minimum Gasteiger partial charge on any atom is -0.756 e. The molecule has 0 amide bonds. The normalized spacial score (nSPS) is 14.4. The van der Waals surface area contributed by atoms with Crippen molar-refractivity contribution in [2.45, 2.75) is 142 Å². The van der Waals surface area contributed by atoms with Crippen molar-refractivity contribution in [1.29, 1.82) is 0 Å². The lowest BCUT2D eigenvalue weighted by atomic mass is 10.0. The molecule has 0 bridgehead atoms. The average Bonchev–Trinajstić information content (AvgIpc) is 2.96. The van der Waals surface area contributed by atoms with Crippen molar-refractivity contribution in [3.05, 3.63) is 0 Å². The Morgan fingerprint density at radius 2 is 1.16 bits per heavy atom. The minimum absolute atomic E-state index is 0.0480. The van der Waals surface area contributed by atoms with Gasteiger partial charge in [0.1, 0.15) is 19.3 Å². The van der Waals surface area contributed by atoms with Crippen LogP contribution in [0, 0.1) is 0 Å². The fourth-order valence-corrected chi connectivity index (χ4v) is 5.29. The Balaban J connectivity index is 4.22. The van der Waals surface area contributed by atoms with Crippen molar-refractivity contribution in [2.75, 3.05) is 73.9 Å². The highest BCUT2D eigenvalue weighted by Crippen LogP contribution is 2.38. The molecular weight excluding hydrogens is 585 g/mol. The molecule has 1 unspecified atom stereocenters. The van der Waals surface area contributed by atoms with Crippen LogP contribution < -0.4 is 4.89 Å². The van der Waals surface area contributed by atoms with Crippen molar-refractivity contribution in [1.82, 2.24) is 0 Å². The van der Waals surface area contributed by atoms with E-state index in [0.29, 0.717) is 37.5 Å². The van der Waals surface area contributed by atoms with Gasteiger partial charge in [0.25, 0.3) is 7.82 Å². The summed E-state index contributed by atoms with van der Waals surface area (Å²) in [6.07, 6.45) is 19.7. The molecular formula is C33H70NO9P. The fraction of sp³-hybridized carbons (Fsp3) is 1.00. The van der Waals surface area contributed by atoms with E-state index >= 15 is 0 Å². The number of unbranched alkanes of at least 4 members (excludes halogenated alkanes) is 14. The molecule has 0 aromatic heterocycles. The predicted molar refractivity (Wildman–Crippen MR) is 175 cm³/mol. The maximum atomic E-state index is 12.2. The zero-order valence-electron chi connectivity index (χ0n) is 29.4. The lowest BCUT2D eigenvalue weighted by Crippen LogP contribution is -2.37. The Morgan fingerprint density at radius 3 is 1.68 bits per heavy atom. The number of hydrogen-bond donors (Lipinski definition) is 0. The van der Waals surface area contributed by atoms with Gasteiger partial charge in [0.15, 0.2) is 6.29 Å². The molecule has 2 atom stereocenters. The highest BCUT2D eigenvalue weighted by Gasteiger charge is 2.19. The maximum absolute atomic E-state index is 12.2. The molecule has 10 nitrogen and oxygen atoms in total. The summed E-state index contributed by atoms with van der Waals surface area (Å²) in [6, 6.07) is 0. The minimum atomic E-state index is -4.46. The van der Waals surface area contributed by atoms with Gasteiger partial charge in [0, 0.05) is 19.8 Å². The number of rotatable bonds is 35. The summed E-state index contributed by atoms with van der Waals surface area (Å²) in [5.74, 6) is 0. The van der Waals surface area contributed by atoms with E-state index in [1.54, 1.807) is 0 Å². The molecule has 0 N–H and O–H groups in total. The first-order valence-corrected chi connectivity index (χ1v) is 19.1. The van der Waals surface area contributed by atoms with Crippen LogP contribution in [0.5, 0.6) is 0 Å². The van der Waals surface area contributed by atoms with E-state index in [1.165, 1.54) is 77.0 Å². The Hall–Kier alpha value is -0.130. The zero-order chi connectivity index (χ0) is 32.8. The average molecular weight is 656 g/mol. The van der Waals surface area contributed by atoms with Gasteiger partial charge >= 0.3 is 0 Å². The van der Waals surface area contributed by atoms with Gasteiger partial charge in [0.05, 0.1) is 41.0 Å². The van der Waals surface area contributed by atoms with Gasteiger partial charge in [-0.15, -0.1) is 0 Å². The van der Waals surface area contributed by atoms with Crippen LogP contribution in [0.2, 0.25) is 0 Å². The lowest BCUT2D eigenvalue weighted by molar-refractivity contribution is -0.870. The molecule has 44 heavy (non-hydrogen) atoms. The van der Waals surface area contributed by atoms with E-state index < -0.39 is 13.9 Å². The monoisotopic (exact) mass is 655 g/mol. The number of phosphoric ester groups is 1. The summed E-state index contributed by atoms with van der Waals surface area (Å²) in [5.41, 5.74) is 0. The second-order valence-corrected chi connectivity index (χ2v) is 14.0. The molecule has 0 heterocycles. The number of nitrogens with zero attached hydrogens (tertiary/aromatic N) is 1. The third-order valence-corrected chi connectivity index (χ3v) is 8.17. The molecule has 0 radical (unpaired) electrons. The predicted octanol–water partition coefficient (Wildman–Crippen LogP) is 7.58. The van der Waals surface area contributed by atoms with Gasteiger partial charge in [-0.2, -0.15) is 0 Å². The van der Waals surface area contributed by atoms with Crippen LogP contribution in [0.25, 0.3) is 0 Å². The van der Waals surface area contributed by atoms with E-state index in [4.69, 9.17) is 33.0 Å². The van der Waals surface area contributed by atoms with Gasteiger partial charge in [-0.05, 0) is 39.5 Å². The summed E-state index contributed by atoms with van der Waals surface area (Å²) in [4.78, 5) is 23.1. The SMILES string of the molecule is CCCCCCCCCCCCCCCCOC[C@H](COP(=O)([O-])OCC[N+](C)(C)C)OOCCCCC(OCC)OCC. The van der Waals surface area contributed by atoms with Crippen molar-refractivity contribution in [2.24, 2.45) is 0 Å². The Bertz CT molecular complexity index is 645. The van der Waals surface area contributed by atoms with Crippen LogP contribution >= 0.6 is 7.82 Å². The van der Waals surface area contributed by atoms with Crippen molar-refractivity contribution in [3.63, 3.8) is 0 Å². The second-order valence-electron chi connectivity index (χ2n) is 12.6. The van der Waals surface area contributed by atoms with E-state index in [0.717, 1.165) is 32.1 Å². The number of ether oxygens (including phenoxy) is 3. The molecule has 266 valence electrons. The van der Waals surface area contributed by atoms with E-state index in [-0.39, 0.29) is 26.1 Å². The Labute approximate surface area is 270 Å². The first kappa shape index (κ1) is 43.9. The molecule has 0 aliphatic rings. The summed E-state index contributed by atoms with van der Waals surface area (Å²) in [7, 11) is 1.43. The van der Waals surface area contributed by atoms with Crippen LogP contribution in [0.4, 0.5) is 0 Å². The molecule has 0 fully saturated rings. The quantitative estimate of drug-likeness (QED) is 0.0171. The van der Waals surface area contributed by atoms with Crippen molar-refractivity contribution < 1.29 is 47.0 Å². The summed E-state index contributed by atoms with van der Waals surface area (Å²) in [6.45, 7) is 8.84. The number of hydrogen-bond acceptors (Lipinski definition) is 9. The van der Waals surface area contributed by atoms with Crippen LogP contribution in [-0.2, 0) is 37.6 Å².